The summed E-state index contributed by atoms with van der Waals surface area (Å²) >= 11 is 0. The van der Waals surface area contributed by atoms with Gasteiger partial charge in [-0.15, -0.1) is 0 Å². The van der Waals surface area contributed by atoms with E-state index in [-0.39, 0.29) is 6.04 Å². The topological polar surface area (TPSA) is 29.1 Å². The van der Waals surface area contributed by atoms with Crippen molar-refractivity contribution in [3.8, 4) is 0 Å². The average molecular weight is 149 g/mol. The number of rotatable bonds is 3. The predicted octanol–water partition coefficient (Wildman–Crippen LogP) is 1.69. The molecule has 58 valence electrons. The lowest BCUT2D eigenvalue weighted by molar-refractivity contribution is -0.108. The minimum Gasteiger partial charge on any atom is -0.376 e. The minimum atomic E-state index is -0.114. The molecule has 1 N–H and O–H groups in total. The van der Waals surface area contributed by atoms with Crippen LogP contribution in [0.4, 0.5) is 5.69 Å². The molecule has 0 fully saturated rings. The van der Waals surface area contributed by atoms with E-state index in [0.717, 1.165) is 12.0 Å². The highest BCUT2D eigenvalue weighted by atomic mass is 16.1. The summed E-state index contributed by atoms with van der Waals surface area (Å²) in [7, 11) is 0. The van der Waals surface area contributed by atoms with E-state index in [1.54, 1.807) is 0 Å². The number of aldehydes is 1. The van der Waals surface area contributed by atoms with E-state index in [9.17, 15) is 4.79 Å². The standard InChI is InChI=1S/C9H11NO/c1-8(7-11)10-9-5-3-2-4-6-9/h2-8,10H,1H3. The number of benzene rings is 1. The third-order valence-electron chi connectivity index (χ3n) is 1.37. The summed E-state index contributed by atoms with van der Waals surface area (Å²) in [5.74, 6) is 0. The van der Waals surface area contributed by atoms with Crippen LogP contribution in [-0.2, 0) is 4.79 Å². The summed E-state index contributed by atoms with van der Waals surface area (Å²) in [5.41, 5.74) is 0.979. The molecule has 1 atom stereocenters. The van der Waals surface area contributed by atoms with E-state index >= 15 is 0 Å². The van der Waals surface area contributed by atoms with Crippen molar-refractivity contribution in [3.05, 3.63) is 30.3 Å². The largest absolute Gasteiger partial charge is 0.376 e. The van der Waals surface area contributed by atoms with Gasteiger partial charge in [0.1, 0.15) is 6.29 Å². The van der Waals surface area contributed by atoms with Gasteiger partial charge in [0.15, 0.2) is 0 Å². The highest BCUT2D eigenvalue weighted by molar-refractivity contribution is 5.63. The fourth-order valence-electron chi connectivity index (χ4n) is 0.831. The van der Waals surface area contributed by atoms with Crippen LogP contribution in [0.25, 0.3) is 0 Å². The molecule has 0 amide bonds. The highest BCUT2D eigenvalue weighted by Gasteiger charge is 1.96. The number of hydrogen-bond acceptors (Lipinski definition) is 2. The van der Waals surface area contributed by atoms with E-state index in [0.29, 0.717) is 0 Å². The zero-order valence-corrected chi connectivity index (χ0v) is 6.45. The molecule has 0 aromatic heterocycles. The van der Waals surface area contributed by atoms with Crippen LogP contribution < -0.4 is 5.32 Å². The van der Waals surface area contributed by atoms with Gasteiger partial charge in [-0.2, -0.15) is 0 Å². The molecule has 0 saturated carbocycles. The van der Waals surface area contributed by atoms with Crippen LogP contribution in [0.5, 0.6) is 0 Å². The zero-order chi connectivity index (χ0) is 8.10. The molecular formula is C9H11NO. The zero-order valence-electron chi connectivity index (χ0n) is 6.45. The normalized spacial score (nSPS) is 12.1. The average Bonchev–Trinajstić information content (AvgIpc) is 2.06. The van der Waals surface area contributed by atoms with Gasteiger partial charge < -0.3 is 10.1 Å². The van der Waals surface area contributed by atoms with Crippen molar-refractivity contribution in [2.75, 3.05) is 5.32 Å². The molecule has 0 saturated heterocycles. The Kier molecular flexibility index (Phi) is 2.66. The van der Waals surface area contributed by atoms with Gasteiger partial charge in [0.2, 0.25) is 0 Å². The highest BCUT2D eigenvalue weighted by Crippen LogP contribution is 2.05. The van der Waals surface area contributed by atoms with Crippen LogP contribution in [0.1, 0.15) is 6.92 Å². The number of carbonyl (C=O) groups is 1. The van der Waals surface area contributed by atoms with Gasteiger partial charge in [0.05, 0.1) is 6.04 Å². The summed E-state index contributed by atoms with van der Waals surface area (Å²) < 4.78 is 0. The molecule has 0 aliphatic rings. The van der Waals surface area contributed by atoms with Gasteiger partial charge in [0, 0.05) is 5.69 Å². The van der Waals surface area contributed by atoms with Crippen LogP contribution >= 0.6 is 0 Å². The van der Waals surface area contributed by atoms with E-state index in [1.807, 2.05) is 37.3 Å². The molecule has 0 heterocycles. The van der Waals surface area contributed by atoms with Crippen LogP contribution in [0.2, 0.25) is 0 Å². The first-order valence-corrected chi connectivity index (χ1v) is 3.60. The fourth-order valence-corrected chi connectivity index (χ4v) is 0.831. The molecule has 1 aromatic rings. The van der Waals surface area contributed by atoms with Crippen LogP contribution in [0.3, 0.4) is 0 Å². The maximum atomic E-state index is 10.2. The lowest BCUT2D eigenvalue weighted by Crippen LogP contribution is -2.15. The van der Waals surface area contributed by atoms with Crippen molar-refractivity contribution >= 4 is 12.0 Å². The van der Waals surface area contributed by atoms with Crippen molar-refractivity contribution < 1.29 is 4.79 Å². The first-order chi connectivity index (χ1) is 5.33. The second-order valence-electron chi connectivity index (χ2n) is 2.44. The molecule has 1 rings (SSSR count). The SMILES string of the molecule is CC(C=O)Nc1ccccc1. The Morgan fingerprint density at radius 1 is 1.36 bits per heavy atom. The van der Waals surface area contributed by atoms with Crippen molar-refractivity contribution in [1.82, 2.24) is 0 Å². The Morgan fingerprint density at radius 2 is 2.00 bits per heavy atom. The Bertz CT molecular complexity index is 220. The Labute approximate surface area is 66.2 Å². The summed E-state index contributed by atoms with van der Waals surface area (Å²) in [4.78, 5) is 10.2. The summed E-state index contributed by atoms with van der Waals surface area (Å²) in [6, 6.07) is 9.55. The molecule has 11 heavy (non-hydrogen) atoms. The third-order valence-corrected chi connectivity index (χ3v) is 1.37. The minimum absolute atomic E-state index is 0.114. The maximum absolute atomic E-state index is 10.2. The number of anilines is 1. The first-order valence-electron chi connectivity index (χ1n) is 3.60. The van der Waals surface area contributed by atoms with Gasteiger partial charge in [-0.05, 0) is 19.1 Å². The third kappa shape index (κ3) is 2.42. The second kappa shape index (κ2) is 3.76. The smallest absolute Gasteiger partial charge is 0.141 e. The lowest BCUT2D eigenvalue weighted by Gasteiger charge is -2.07. The van der Waals surface area contributed by atoms with Crippen molar-refractivity contribution in [2.45, 2.75) is 13.0 Å². The van der Waals surface area contributed by atoms with Crippen LogP contribution in [0, 0.1) is 0 Å². The number of hydrogen-bond donors (Lipinski definition) is 1. The summed E-state index contributed by atoms with van der Waals surface area (Å²) in [5, 5.41) is 3.02. The van der Waals surface area contributed by atoms with Crippen molar-refractivity contribution in [1.29, 1.82) is 0 Å². The Hall–Kier alpha value is -1.31. The van der Waals surface area contributed by atoms with Crippen LogP contribution in [0.15, 0.2) is 30.3 Å². The maximum Gasteiger partial charge on any atom is 0.141 e. The van der Waals surface area contributed by atoms with Crippen LogP contribution in [-0.4, -0.2) is 12.3 Å². The van der Waals surface area contributed by atoms with E-state index in [4.69, 9.17) is 0 Å². The molecular weight excluding hydrogens is 138 g/mol. The molecule has 0 bridgehead atoms. The quantitative estimate of drug-likeness (QED) is 0.662. The van der Waals surface area contributed by atoms with Gasteiger partial charge in [0.25, 0.3) is 0 Å². The summed E-state index contributed by atoms with van der Waals surface area (Å²) in [6.07, 6.45) is 0.882. The second-order valence-corrected chi connectivity index (χ2v) is 2.44. The molecule has 0 spiro atoms. The molecule has 1 aromatic carbocycles. The lowest BCUT2D eigenvalue weighted by atomic mass is 10.3. The molecule has 0 aliphatic carbocycles. The number of carbonyl (C=O) groups excluding carboxylic acids is 1. The molecule has 1 unspecified atom stereocenters. The molecule has 2 heteroatoms. The summed E-state index contributed by atoms with van der Waals surface area (Å²) in [6.45, 7) is 1.82. The van der Waals surface area contributed by atoms with E-state index in [2.05, 4.69) is 5.32 Å². The molecule has 0 radical (unpaired) electrons. The van der Waals surface area contributed by atoms with Gasteiger partial charge in [-0.1, -0.05) is 18.2 Å². The van der Waals surface area contributed by atoms with Gasteiger partial charge in [-0.3, -0.25) is 0 Å². The number of para-hydroxylation sites is 1. The van der Waals surface area contributed by atoms with Crippen molar-refractivity contribution in [2.24, 2.45) is 0 Å². The first kappa shape index (κ1) is 7.79. The van der Waals surface area contributed by atoms with Gasteiger partial charge >= 0.3 is 0 Å². The monoisotopic (exact) mass is 149 g/mol. The molecule has 0 aliphatic heterocycles. The predicted molar refractivity (Wildman–Crippen MR) is 45.6 cm³/mol. The number of nitrogens with one attached hydrogen (secondary N) is 1. The Balaban J connectivity index is 2.57. The molecule has 2 nitrogen and oxygen atoms in total. The van der Waals surface area contributed by atoms with E-state index < -0.39 is 0 Å². The Morgan fingerprint density at radius 3 is 2.55 bits per heavy atom. The van der Waals surface area contributed by atoms with Gasteiger partial charge in [-0.25, -0.2) is 0 Å². The van der Waals surface area contributed by atoms with Crippen molar-refractivity contribution in [3.63, 3.8) is 0 Å². The fraction of sp³-hybridized carbons (Fsp3) is 0.222. The van der Waals surface area contributed by atoms with E-state index in [1.165, 1.54) is 0 Å².